The van der Waals surface area contributed by atoms with Crippen molar-refractivity contribution in [3.8, 4) is 17.2 Å². The molecule has 0 saturated carbocycles. The number of fused-ring (bicyclic) bond motifs is 1. The zero-order valence-corrected chi connectivity index (χ0v) is 20.8. The number of esters is 1. The van der Waals surface area contributed by atoms with Gasteiger partial charge in [-0.05, 0) is 60.0 Å². The molecule has 1 heterocycles. The molecule has 1 aliphatic heterocycles. The van der Waals surface area contributed by atoms with Crippen molar-refractivity contribution in [3.63, 3.8) is 0 Å². The lowest BCUT2D eigenvalue weighted by molar-refractivity contribution is -0.151. The van der Waals surface area contributed by atoms with Gasteiger partial charge in [0.15, 0.2) is 6.61 Å². The molecule has 1 fully saturated rings. The van der Waals surface area contributed by atoms with Gasteiger partial charge in [0.2, 0.25) is 5.91 Å². The van der Waals surface area contributed by atoms with E-state index in [1.807, 2.05) is 42.5 Å². The first kappa shape index (κ1) is 24.8. The minimum absolute atomic E-state index is 0.0210. The zero-order chi connectivity index (χ0) is 26.5. The van der Waals surface area contributed by atoms with Gasteiger partial charge in [0, 0.05) is 29.7 Å². The average molecular weight is 511 g/mol. The molecule has 38 heavy (non-hydrogen) atoms. The maximum Gasteiger partial charge on any atom is 0.311 e. The predicted molar refractivity (Wildman–Crippen MR) is 144 cm³/mol. The van der Waals surface area contributed by atoms with Gasteiger partial charge in [0.05, 0.1) is 13.0 Å². The lowest BCUT2D eigenvalue weighted by Gasteiger charge is -2.17. The Labute approximate surface area is 219 Å². The van der Waals surface area contributed by atoms with Gasteiger partial charge in [-0.1, -0.05) is 36.4 Å². The molecule has 4 aromatic carbocycles. The molecule has 5 rings (SSSR count). The van der Waals surface area contributed by atoms with Gasteiger partial charge in [0.1, 0.15) is 17.2 Å². The van der Waals surface area contributed by atoms with Crippen LogP contribution in [0.5, 0.6) is 17.2 Å². The summed E-state index contributed by atoms with van der Waals surface area (Å²) >= 11 is 0. The fourth-order valence-corrected chi connectivity index (χ4v) is 4.35. The molecule has 0 aromatic heterocycles. The van der Waals surface area contributed by atoms with Gasteiger partial charge in [-0.25, -0.2) is 0 Å². The number of carbonyl (C=O) groups is 3. The molecule has 1 atom stereocenters. The lowest BCUT2D eigenvalue weighted by atomic mass is 10.1. The number of amides is 2. The molecule has 192 valence electrons. The van der Waals surface area contributed by atoms with Crippen molar-refractivity contribution in [2.75, 3.05) is 30.5 Å². The first-order valence-electron chi connectivity index (χ1n) is 12.2. The Hall–Kier alpha value is -4.85. The van der Waals surface area contributed by atoms with Crippen LogP contribution < -0.4 is 19.7 Å². The number of benzene rings is 4. The van der Waals surface area contributed by atoms with Crippen molar-refractivity contribution in [2.24, 2.45) is 5.92 Å². The number of methoxy groups -OCH3 is 1. The Kier molecular flexibility index (Phi) is 7.21. The fraction of sp³-hybridized carbons (Fsp3) is 0.167. The summed E-state index contributed by atoms with van der Waals surface area (Å²) in [6.45, 7) is -0.253. The van der Waals surface area contributed by atoms with Crippen LogP contribution >= 0.6 is 0 Å². The van der Waals surface area contributed by atoms with Gasteiger partial charge in [-0.15, -0.1) is 0 Å². The minimum Gasteiger partial charge on any atom is -0.497 e. The molecule has 8 heteroatoms. The van der Waals surface area contributed by atoms with Crippen molar-refractivity contribution in [2.45, 2.75) is 6.42 Å². The SMILES string of the molecule is COc1ccc(NC(=O)COC(=O)[C@H]2CC(=O)N(c3ccc(Oc4cccc5ccccc45)cc3)C2)cc1. The molecular weight excluding hydrogens is 484 g/mol. The van der Waals surface area contributed by atoms with Crippen molar-refractivity contribution in [1.82, 2.24) is 0 Å². The Morgan fingerprint density at radius 2 is 1.61 bits per heavy atom. The second kappa shape index (κ2) is 11.0. The summed E-state index contributed by atoms with van der Waals surface area (Å²) in [5.74, 6) is 0.160. The van der Waals surface area contributed by atoms with Crippen LogP contribution in [0.15, 0.2) is 91.0 Å². The van der Waals surface area contributed by atoms with E-state index in [2.05, 4.69) is 5.32 Å². The van der Waals surface area contributed by atoms with Crippen LogP contribution in [0.3, 0.4) is 0 Å². The largest absolute Gasteiger partial charge is 0.497 e. The van der Waals surface area contributed by atoms with Crippen LogP contribution in [0.25, 0.3) is 10.8 Å². The van der Waals surface area contributed by atoms with Crippen molar-refractivity contribution < 1.29 is 28.6 Å². The van der Waals surface area contributed by atoms with Crippen LogP contribution in [0.2, 0.25) is 0 Å². The summed E-state index contributed by atoms with van der Waals surface area (Å²) in [6, 6.07) is 27.8. The molecule has 4 aromatic rings. The number of hydrogen-bond acceptors (Lipinski definition) is 6. The molecule has 2 amide bonds. The van der Waals surface area contributed by atoms with E-state index in [1.54, 1.807) is 60.5 Å². The summed E-state index contributed by atoms with van der Waals surface area (Å²) in [4.78, 5) is 38.9. The smallest absolute Gasteiger partial charge is 0.311 e. The number of anilines is 2. The van der Waals surface area contributed by atoms with Gasteiger partial charge in [0.25, 0.3) is 5.91 Å². The van der Waals surface area contributed by atoms with E-state index in [9.17, 15) is 14.4 Å². The van der Waals surface area contributed by atoms with Crippen molar-refractivity contribution >= 4 is 39.9 Å². The predicted octanol–water partition coefficient (Wildman–Crippen LogP) is 5.18. The molecule has 1 aliphatic rings. The molecule has 0 bridgehead atoms. The van der Waals surface area contributed by atoms with E-state index in [0.717, 1.165) is 16.5 Å². The molecule has 1 N–H and O–H groups in total. The summed E-state index contributed by atoms with van der Waals surface area (Å²) < 4.78 is 16.3. The van der Waals surface area contributed by atoms with Gasteiger partial charge < -0.3 is 24.4 Å². The van der Waals surface area contributed by atoms with Gasteiger partial charge in [-0.3, -0.25) is 14.4 Å². The van der Waals surface area contributed by atoms with Crippen molar-refractivity contribution in [3.05, 3.63) is 91.0 Å². The molecule has 0 radical (unpaired) electrons. The Morgan fingerprint density at radius 1 is 0.895 bits per heavy atom. The third-order valence-corrected chi connectivity index (χ3v) is 6.30. The third-order valence-electron chi connectivity index (χ3n) is 6.30. The van der Waals surface area contributed by atoms with Crippen LogP contribution in [-0.2, 0) is 19.1 Å². The molecule has 8 nitrogen and oxygen atoms in total. The highest BCUT2D eigenvalue weighted by atomic mass is 16.5. The first-order valence-corrected chi connectivity index (χ1v) is 12.2. The van der Waals surface area contributed by atoms with E-state index >= 15 is 0 Å². The van der Waals surface area contributed by atoms with Crippen LogP contribution in [0, 0.1) is 5.92 Å². The monoisotopic (exact) mass is 510 g/mol. The maximum atomic E-state index is 12.6. The Morgan fingerprint density at radius 3 is 2.37 bits per heavy atom. The van der Waals surface area contributed by atoms with Crippen LogP contribution in [0.1, 0.15) is 6.42 Å². The normalized spacial score (nSPS) is 14.8. The minimum atomic E-state index is -0.650. The molecule has 0 aliphatic carbocycles. The second-order valence-corrected chi connectivity index (χ2v) is 8.86. The summed E-state index contributed by atoms with van der Waals surface area (Å²) in [7, 11) is 1.55. The lowest BCUT2D eigenvalue weighted by Crippen LogP contribution is -2.28. The number of rotatable bonds is 8. The van der Waals surface area contributed by atoms with E-state index in [1.165, 1.54) is 0 Å². The summed E-state index contributed by atoms with van der Waals surface area (Å²) in [5.41, 5.74) is 1.22. The molecule has 0 unspecified atom stereocenters. The number of nitrogens with zero attached hydrogens (tertiary/aromatic N) is 1. The standard InChI is InChI=1S/C30H26N2O6/c1-36-24-13-9-22(10-14-24)31-28(33)19-37-30(35)21-17-29(34)32(18-21)23-11-15-25(16-12-23)38-27-8-4-6-20-5-2-3-7-26(20)27/h2-16,21H,17-19H2,1H3,(H,31,33)/t21-/m0/s1. The van der Waals surface area contributed by atoms with Crippen molar-refractivity contribution in [1.29, 1.82) is 0 Å². The van der Waals surface area contributed by atoms with E-state index in [0.29, 0.717) is 22.9 Å². The second-order valence-electron chi connectivity index (χ2n) is 8.86. The average Bonchev–Trinajstić information content (AvgIpc) is 3.34. The molecule has 0 spiro atoms. The van der Waals surface area contributed by atoms with Crippen LogP contribution in [-0.4, -0.2) is 38.0 Å². The quantitative estimate of drug-likeness (QED) is 0.329. The van der Waals surface area contributed by atoms with Crippen LogP contribution in [0.4, 0.5) is 11.4 Å². The molecular formula is C30H26N2O6. The summed E-state index contributed by atoms with van der Waals surface area (Å²) in [6.07, 6.45) is 0.0210. The highest BCUT2D eigenvalue weighted by Crippen LogP contribution is 2.32. The number of nitrogens with one attached hydrogen (secondary N) is 1. The van der Waals surface area contributed by atoms with E-state index in [-0.39, 0.29) is 18.9 Å². The highest BCUT2D eigenvalue weighted by Gasteiger charge is 2.36. The Balaban J connectivity index is 1.15. The highest BCUT2D eigenvalue weighted by molar-refractivity contribution is 6.00. The topological polar surface area (TPSA) is 94.2 Å². The number of ether oxygens (including phenoxy) is 3. The summed E-state index contributed by atoms with van der Waals surface area (Å²) in [5, 5.41) is 4.74. The third kappa shape index (κ3) is 5.59. The van der Waals surface area contributed by atoms with E-state index in [4.69, 9.17) is 14.2 Å². The Bertz CT molecular complexity index is 1460. The zero-order valence-electron chi connectivity index (χ0n) is 20.8. The maximum absolute atomic E-state index is 12.6. The fourth-order valence-electron chi connectivity index (χ4n) is 4.35. The number of hydrogen-bond donors (Lipinski definition) is 1. The van der Waals surface area contributed by atoms with E-state index < -0.39 is 24.4 Å². The first-order chi connectivity index (χ1) is 18.5. The molecule has 1 saturated heterocycles. The van der Waals surface area contributed by atoms with Gasteiger partial charge in [-0.2, -0.15) is 0 Å². The van der Waals surface area contributed by atoms with Gasteiger partial charge >= 0.3 is 5.97 Å². The number of carbonyl (C=O) groups excluding carboxylic acids is 3.